The molecule has 0 aliphatic heterocycles. The van der Waals surface area contributed by atoms with Gasteiger partial charge in [0.15, 0.2) is 0 Å². The van der Waals surface area contributed by atoms with Gasteiger partial charge in [-0.25, -0.2) is 4.79 Å². The summed E-state index contributed by atoms with van der Waals surface area (Å²) in [4.78, 5) is 14.8. The Bertz CT molecular complexity index is 693. The molecule has 4 N–H and O–H groups in total. The summed E-state index contributed by atoms with van der Waals surface area (Å²) < 4.78 is 6.25. The van der Waals surface area contributed by atoms with Crippen molar-refractivity contribution in [3.05, 3.63) is 27.7 Å². The molecule has 0 saturated heterocycles. The number of benzene rings is 1. The fourth-order valence-electron chi connectivity index (χ4n) is 4.31. The third kappa shape index (κ3) is 8.04. The quantitative estimate of drug-likeness (QED) is 0.275. The Kier molecular flexibility index (Phi) is 11.3. The van der Waals surface area contributed by atoms with Gasteiger partial charge in [0.2, 0.25) is 0 Å². The molecule has 0 unspecified atom stereocenters. The second-order valence-electron chi connectivity index (χ2n) is 8.63. The molecule has 1 saturated carbocycles. The minimum Gasteiger partial charge on any atom is -0.461 e. The van der Waals surface area contributed by atoms with E-state index < -0.39 is 0 Å². The first-order valence-electron chi connectivity index (χ1n) is 11.8. The summed E-state index contributed by atoms with van der Waals surface area (Å²) in [7, 11) is 0. The molecule has 0 heterocycles. The minimum atomic E-state index is -0.343. The van der Waals surface area contributed by atoms with Gasteiger partial charge in [0.05, 0.1) is 17.9 Å². The van der Waals surface area contributed by atoms with E-state index in [2.05, 4.69) is 40.0 Å². The van der Waals surface area contributed by atoms with Crippen molar-refractivity contribution in [2.45, 2.75) is 77.3 Å². The van der Waals surface area contributed by atoms with E-state index in [0.717, 1.165) is 35.8 Å². The highest BCUT2D eigenvalue weighted by molar-refractivity contribution is 9.10. The maximum Gasteiger partial charge on any atom is 0.338 e. The Balaban J connectivity index is 1.98. The topological polar surface area (TPSA) is 87.8 Å². The number of hydrogen-bond acceptors (Lipinski definition) is 6. The van der Waals surface area contributed by atoms with Crippen molar-refractivity contribution in [1.82, 2.24) is 10.2 Å². The van der Waals surface area contributed by atoms with Crippen LogP contribution in [0.4, 0.5) is 5.69 Å². The van der Waals surface area contributed by atoms with Gasteiger partial charge >= 0.3 is 5.97 Å². The number of nitrogen functional groups attached to an aromatic ring is 1. The fraction of sp³-hybridized carbons (Fsp3) is 0.708. The van der Waals surface area contributed by atoms with E-state index in [1.807, 2.05) is 6.07 Å². The Morgan fingerprint density at radius 3 is 2.61 bits per heavy atom. The molecule has 31 heavy (non-hydrogen) atoms. The van der Waals surface area contributed by atoms with Crippen molar-refractivity contribution in [1.29, 1.82) is 0 Å². The Morgan fingerprint density at radius 2 is 1.97 bits per heavy atom. The number of unbranched alkanes of at least 4 members (excludes halogenated alkanes) is 1. The van der Waals surface area contributed by atoms with Crippen LogP contribution in [0.1, 0.15) is 81.1 Å². The van der Waals surface area contributed by atoms with E-state index in [9.17, 15) is 9.90 Å². The van der Waals surface area contributed by atoms with Crippen molar-refractivity contribution < 1.29 is 14.6 Å². The second kappa shape index (κ2) is 13.4. The van der Waals surface area contributed by atoms with Crippen LogP contribution in [0.5, 0.6) is 0 Å². The monoisotopic (exact) mass is 497 g/mol. The predicted molar refractivity (Wildman–Crippen MR) is 130 cm³/mol. The fourth-order valence-corrected chi connectivity index (χ4v) is 4.82. The van der Waals surface area contributed by atoms with E-state index in [-0.39, 0.29) is 18.1 Å². The van der Waals surface area contributed by atoms with Crippen LogP contribution >= 0.6 is 15.9 Å². The lowest BCUT2D eigenvalue weighted by molar-refractivity contribution is 0.0452. The SMILES string of the molecule is CCCCN(CCO)CCOC(=O)c1cc(Br)c(N)c(CNC2(CC)CCCCC2)c1. The zero-order valence-corrected chi connectivity index (χ0v) is 20.8. The number of nitrogens with one attached hydrogen (secondary N) is 1. The first kappa shape index (κ1) is 26.1. The summed E-state index contributed by atoms with van der Waals surface area (Å²) in [6.07, 6.45) is 9.47. The number of carbonyl (C=O) groups is 1. The lowest BCUT2D eigenvalue weighted by atomic mass is 9.79. The number of halogens is 1. The smallest absolute Gasteiger partial charge is 0.338 e. The number of carbonyl (C=O) groups excluding carboxylic acids is 1. The lowest BCUT2D eigenvalue weighted by Crippen LogP contribution is -2.45. The number of nitrogens with two attached hydrogens (primary N) is 1. The number of aliphatic hydroxyl groups excluding tert-OH is 1. The summed E-state index contributed by atoms with van der Waals surface area (Å²) in [5.41, 5.74) is 8.57. The number of esters is 1. The van der Waals surface area contributed by atoms with Crippen LogP contribution in [-0.4, -0.2) is 54.4 Å². The largest absolute Gasteiger partial charge is 0.461 e. The van der Waals surface area contributed by atoms with Gasteiger partial charge < -0.3 is 20.9 Å². The first-order valence-corrected chi connectivity index (χ1v) is 12.6. The van der Waals surface area contributed by atoms with Crippen LogP contribution in [0.25, 0.3) is 0 Å². The summed E-state index contributed by atoms with van der Waals surface area (Å²) in [6, 6.07) is 3.59. The van der Waals surface area contributed by atoms with Gasteiger partial charge in [-0.05, 0) is 65.9 Å². The summed E-state index contributed by atoms with van der Waals surface area (Å²) in [6.45, 7) is 7.55. The highest BCUT2D eigenvalue weighted by Crippen LogP contribution is 2.32. The summed E-state index contributed by atoms with van der Waals surface area (Å²) >= 11 is 3.51. The molecule has 1 aliphatic carbocycles. The van der Waals surface area contributed by atoms with Crippen LogP contribution in [0, 0.1) is 0 Å². The normalized spacial score (nSPS) is 15.9. The average Bonchev–Trinajstić information content (AvgIpc) is 2.78. The molecule has 0 spiro atoms. The van der Waals surface area contributed by atoms with E-state index in [0.29, 0.717) is 37.5 Å². The van der Waals surface area contributed by atoms with Gasteiger partial charge in [-0.2, -0.15) is 0 Å². The highest BCUT2D eigenvalue weighted by Gasteiger charge is 2.29. The minimum absolute atomic E-state index is 0.109. The molecule has 0 radical (unpaired) electrons. The van der Waals surface area contributed by atoms with Gasteiger partial charge in [0, 0.05) is 29.6 Å². The summed E-state index contributed by atoms with van der Waals surface area (Å²) in [5.74, 6) is -0.343. The van der Waals surface area contributed by atoms with Gasteiger partial charge in [-0.15, -0.1) is 0 Å². The Labute approximate surface area is 196 Å². The van der Waals surface area contributed by atoms with Crippen LogP contribution < -0.4 is 11.1 Å². The Hall–Kier alpha value is -1.15. The number of aliphatic hydroxyl groups is 1. The number of hydrogen-bond donors (Lipinski definition) is 3. The van der Waals surface area contributed by atoms with E-state index in [4.69, 9.17) is 10.5 Å². The molecule has 0 bridgehead atoms. The molecule has 1 aromatic carbocycles. The summed E-state index contributed by atoms with van der Waals surface area (Å²) in [5, 5.41) is 13.0. The number of ether oxygens (including phenoxy) is 1. The molecule has 0 aromatic heterocycles. The van der Waals surface area contributed by atoms with Crippen LogP contribution in [0.15, 0.2) is 16.6 Å². The van der Waals surface area contributed by atoms with E-state index >= 15 is 0 Å². The molecule has 176 valence electrons. The molecule has 1 aromatic rings. The predicted octanol–water partition coefficient (Wildman–Crippen LogP) is 4.49. The number of anilines is 1. The highest BCUT2D eigenvalue weighted by atomic mass is 79.9. The molecule has 0 amide bonds. The molecule has 0 atom stereocenters. The van der Waals surface area contributed by atoms with Gasteiger partial charge in [0.25, 0.3) is 0 Å². The van der Waals surface area contributed by atoms with Gasteiger partial charge in [-0.3, -0.25) is 4.90 Å². The van der Waals surface area contributed by atoms with Crippen molar-refractivity contribution >= 4 is 27.6 Å². The Morgan fingerprint density at radius 1 is 1.23 bits per heavy atom. The average molecular weight is 499 g/mol. The van der Waals surface area contributed by atoms with E-state index in [1.165, 1.54) is 32.1 Å². The maximum absolute atomic E-state index is 12.7. The van der Waals surface area contributed by atoms with Crippen molar-refractivity contribution in [3.63, 3.8) is 0 Å². The van der Waals surface area contributed by atoms with Crippen molar-refractivity contribution in [3.8, 4) is 0 Å². The zero-order chi connectivity index (χ0) is 22.7. The molecule has 7 heteroatoms. The first-order chi connectivity index (χ1) is 14.9. The van der Waals surface area contributed by atoms with Crippen LogP contribution in [0.2, 0.25) is 0 Å². The molecule has 2 rings (SSSR count). The van der Waals surface area contributed by atoms with E-state index in [1.54, 1.807) is 6.07 Å². The van der Waals surface area contributed by atoms with Crippen molar-refractivity contribution in [2.75, 3.05) is 38.6 Å². The van der Waals surface area contributed by atoms with Crippen LogP contribution in [-0.2, 0) is 11.3 Å². The third-order valence-corrected chi connectivity index (χ3v) is 7.13. The zero-order valence-electron chi connectivity index (χ0n) is 19.2. The molecular weight excluding hydrogens is 458 g/mol. The third-order valence-electron chi connectivity index (χ3n) is 6.48. The number of nitrogens with zero attached hydrogens (tertiary/aromatic N) is 1. The number of rotatable bonds is 13. The second-order valence-corrected chi connectivity index (χ2v) is 9.49. The van der Waals surface area contributed by atoms with Gasteiger partial charge in [-0.1, -0.05) is 39.5 Å². The molecular formula is C24H40BrN3O3. The lowest BCUT2D eigenvalue weighted by Gasteiger charge is -2.38. The van der Waals surface area contributed by atoms with Crippen molar-refractivity contribution in [2.24, 2.45) is 0 Å². The maximum atomic E-state index is 12.7. The van der Waals surface area contributed by atoms with Gasteiger partial charge in [0.1, 0.15) is 6.61 Å². The van der Waals surface area contributed by atoms with Crippen LogP contribution in [0.3, 0.4) is 0 Å². The standard InChI is InChI=1S/C24H40BrN3O3/c1-3-5-11-28(12-14-29)13-15-31-23(30)19-16-20(22(26)21(25)17-19)18-27-24(4-2)9-7-6-8-10-24/h16-17,27,29H,3-15,18,26H2,1-2H3. The molecule has 1 aliphatic rings. The molecule has 1 fully saturated rings. The molecule has 6 nitrogen and oxygen atoms in total.